The second kappa shape index (κ2) is 6.08. The van der Waals surface area contributed by atoms with Gasteiger partial charge in [-0.05, 0) is 25.7 Å². The molecule has 100 valence electrons. The predicted octanol–water partition coefficient (Wildman–Crippen LogP) is 0.617. The molecule has 3 N–H and O–H groups in total. The third kappa shape index (κ3) is 4.87. The smallest absolute Gasteiger partial charge is 0.279 e. The van der Waals surface area contributed by atoms with E-state index in [-0.39, 0.29) is 6.04 Å². The summed E-state index contributed by atoms with van der Waals surface area (Å²) in [7, 11) is -3.38. The minimum Gasteiger partial charge on any atom is -0.393 e. The number of thiocarbonyl (C=S) groups is 1. The summed E-state index contributed by atoms with van der Waals surface area (Å²) >= 11 is 4.76. The number of hydrogen-bond acceptors (Lipinski definition) is 3. The molecule has 1 rings (SSSR count). The van der Waals surface area contributed by atoms with E-state index in [1.807, 2.05) is 0 Å². The summed E-state index contributed by atoms with van der Waals surface area (Å²) in [6.45, 7) is 5.10. The first-order valence-electron chi connectivity index (χ1n) is 5.87. The third-order valence-corrected chi connectivity index (χ3v) is 4.85. The van der Waals surface area contributed by atoms with Crippen LogP contribution in [0, 0.1) is 5.92 Å². The Hall–Kier alpha value is -0.240. The van der Waals surface area contributed by atoms with Crippen LogP contribution in [0.15, 0.2) is 0 Å². The van der Waals surface area contributed by atoms with Crippen LogP contribution < -0.4 is 10.5 Å². The molecule has 0 spiro atoms. The van der Waals surface area contributed by atoms with E-state index < -0.39 is 10.2 Å². The van der Waals surface area contributed by atoms with E-state index >= 15 is 0 Å². The Labute approximate surface area is 109 Å². The Morgan fingerprint density at radius 2 is 2.06 bits per heavy atom. The maximum absolute atomic E-state index is 12.0. The quantitative estimate of drug-likeness (QED) is 0.723. The van der Waals surface area contributed by atoms with E-state index in [9.17, 15) is 8.42 Å². The van der Waals surface area contributed by atoms with Gasteiger partial charge in [-0.15, -0.1) is 0 Å². The van der Waals surface area contributed by atoms with Gasteiger partial charge in [0, 0.05) is 25.6 Å². The van der Waals surface area contributed by atoms with Gasteiger partial charge in [-0.25, -0.2) is 0 Å². The van der Waals surface area contributed by atoms with Crippen molar-refractivity contribution in [2.45, 2.75) is 39.2 Å². The zero-order chi connectivity index (χ0) is 13.1. The summed E-state index contributed by atoms with van der Waals surface area (Å²) in [6.07, 6.45) is 2.23. The zero-order valence-corrected chi connectivity index (χ0v) is 12.0. The molecule has 7 heteroatoms. The highest BCUT2D eigenvalue weighted by Gasteiger charge is 2.27. The molecule has 0 bridgehead atoms. The monoisotopic (exact) mass is 279 g/mol. The van der Waals surface area contributed by atoms with Crippen LogP contribution in [-0.2, 0) is 10.2 Å². The average Bonchev–Trinajstić information content (AvgIpc) is 2.15. The van der Waals surface area contributed by atoms with Gasteiger partial charge in [0.25, 0.3) is 10.2 Å². The van der Waals surface area contributed by atoms with E-state index in [1.54, 1.807) is 6.92 Å². The van der Waals surface area contributed by atoms with E-state index in [4.69, 9.17) is 18.0 Å². The van der Waals surface area contributed by atoms with Crippen molar-refractivity contribution in [2.24, 2.45) is 11.7 Å². The van der Waals surface area contributed by atoms with Gasteiger partial charge in [0.05, 0.1) is 4.99 Å². The highest BCUT2D eigenvalue weighted by atomic mass is 32.2. The minimum atomic E-state index is -3.38. The van der Waals surface area contributed by atoms with Crippen LogP contribution in [0.4, 0.5) is 0 Å². The lowest BCUT2D eigenvalue weighted by molar-refractivity contribution is 0.284. The molecule has 1 atom stereocenters. The van der Waals surface area contributed by atoms with Gasteiger partial charge in [0.2, 0.25) is 0 Å². The largest absolute Gasteiger partial charge is 0.393 e. The molecule has 1 aliphatic rings. The van der Waals surface area contributed by atoms with Crippen molar-refractivity contribution in [2.75, 3.05) is 13.1 Å². The van der Waals surface area contributed by atoms with Crippen molar-refractivity contribution in [1.29, 1.82) is 0 Å². The molecule has 1 saturated heterocycles. The number of hydrogen-bond donors (Lipinski definition) is 2. The topological polar surface area (TPSA) is 75.4 Å². The fourth-order valence-electron chi connectivity index (χ4n) is 1.90. The lowest BCUT2D eigenvalue weighted by Crippen LogP contribution is -2.48. The second-order valence-electron chi connectivity index (χ2n) is 4.78. The molecule has 1 unspecified atom stereocenters. The summed E-state index contributed by atoms with van der Waals surface area (Å²) in [6, 6.07) is -0.253. The van der Waals surface area contributed by atoms with Crippen molar-refractivity contribution in [3.05, 3.63) is 0 Å². The fraction of sp³-hybridized carbons (Fsp3) is 0.900. The maximum Gasteiger partial charge on any atom is 0.279 e. The number of rotatable bonds is 5. The van der Waals surface area contributed by atoms with Crippen molar-refractivity contribution in [1.82, 2.24) is 9.03 Å². The molecule has 0 saturated carbocycles. The molecule has 0 amide bonds. The predicted molar refractivity (Wildman–Crippen MR) is 72.9 cm³/mol. The Kier molecular flexibility index (Phi) is 5.30. The molecule has 0 radical (unpaired) electrons. The number of nitrogens with two attached hydrogens (primary N) is 1. The molecule has 0 aromatic heterocycles. The average molecular weight is 279 g/mol. The van der Waals surface area contributed by atoms with Crippen LogP contribution in [0.2, 0.25) is 0 Å². The van der Waals surface area contributed by atoms with Gasteiger partial charge in [0.15, 0.2) is 0 Å². The lowest BCUT2D eigenvalue weighted by Gasteiger charge is -2.30. The Morgan fingerprint density at radius 1 is 1.53 bits per heavy atom. The fourth-order valence-corrected chi connectivity index (χ4v) is 3.58. The highest BCUT2D eigenvalue weighted by molar-refractivity contribution is 7.87. The van der Waals surface area contributed by atoms with Gasteiger partial charge in [0.1, 0.15) is 0 Å². The number of nitrogens with one attached hydrogen (secondary N) is 1. The Bertz CT molecular complexity index is 362. The van der Waals surface area contributed by atoms with Crippen LogP contribution >= 0.6 is 12.2 Å². The minimum absolute atomic E-state index is 0.253. The van der Waals surface area contributed by atoms with Crippen molar-refractivity contribution < 1.29 is 8.42 Å². The Morgan fingerprint density at radius 3 is 2.53 bits per heavy atom. The van der Waals surface area contributed by atoms with Crippen LogP contribution in [0.25, 0.3) is 0 Å². The second-order valence-corrected chi connectivity index (χ2v) is 7.00. The first kappa shape index (κ1) is 14.8. The standard InChI is InChI=1S/C10H21N3O2S2/c1-8-3-5-13(6-4-8)17(14,15)12-9(2)7-10(11)16/h8-9,12H,3-7H2,1-2H3,(H2,11,16). The van der Waals surface area contributed by atoms with Crippen molar-refractivity contribution in [3.63, 3.8) is 0 Å². The summed E-state index contributed by atoms with van der Waals surface area (Å²) in [5.41, 5.74) is 5.39. The summed E-state index contributed by atoms with van der Waals surface area (Å²) in [5, 5.41) is 0. The zero-order valence-electron chi connectivity index (χ0n) is 10.3. The molecule has 0 aliphatic carbocycles. The first-order valence-corrected chi connectivity index (χ1v) is 7.72. The van der Waals surface area contributed by atoms with Crippen molar-refractivity contribution >= 4 is 27.4 Å². The third-order valence-electron chi connectivity index (χ3n) is 2.94. The Balaban J connectivity index is 2.53. The van der Waals surface area contributed by atoms with Crippen LogP contribution in [0.3, 0.4) is 0 Å². The molecule has 1 aliphatic heterocycles. The molecule has 1 heterocycles. The van der Waals surface area contributed by atoms with E-state index in [0.717, 1.165) is 12.8 Å². The number of nitrogens with zero attached hydrogens (tertiary/aromatic N) is 1. The van der Waals surface area contributed by atoms with E-state index in [0.29, 0.717) is 30.4 Å². The molecule has 0 aromatic carbocycles. The van der Waals surface area contributed by atoms with E-state index in [1.165, 1.54) is 4.31 Å². The van der Waals surface area contributed by atoms with Gasteiger partial charge < -0.3 is 5.73 Å². The lowest BCUT2D eigenvalue weighted by atomic mass is 10.0. The molecule has 0 aromatic rings. The molecule has 1 fully saturated rings. The summed E-state index contributed by atoms with van der Waals surface area (Å²) in [5.74, 6) is 0.607. The molecular weight excluding hydrogens is 258 g/mol. The normalized spacial score (nSPS) is 21.3. The summed E-state index contributed by atoms with van der Waals surface area (Å²) in [4.78, 5) is 0.326. The maximum atomic E-state index is 12.0. The summed E-state index contributed by atoms with van der Waals surface area (Å²) < 4.78 is 28.1. The van der Waals surface area contributed by atoms with Crippen LogP contribution in [0.5, 0.6) is 0 Å². The van der Waals surface area contributed by atoms with Gasteiger partial charge in [-0.3, -0.25) is 0 Å². The molecular formula is C10H21N3O2S2. The number of piperidine rings is 1. The van der Waals surface area contributed by atoms with E-state index in [2.05, 4.69) is 11.6 Å². The van der Waals surface area contributed by atoms with Crippen LogP contribution in [0.1, 0.15) is 33.1 Å². The molecule has 5 nitrogen and oxygen atoms in total. The van der Waals surface area contributed by atoms with Gasteiger partial charge in [-0.2, -0.15) is 17.4 Å². The SMILES string of the molecule is CC1CCN(S(=O)(=O)NC(C)CC(N)=S)CC1. The first-order chi connectivity index (χ1) is 7.81. The molecule has 17 heavy (non-hydrogen) atoms. The van der Waals surface area contributed by atoms with Gasteiger partial charge in [-0.1, -0.05) is 19.1 Å². The van der Waals surface area contributed by atoms with Crippen LogP contribution in [-0.4, -0.2) is 36.8 Å². The van der Waals surface area contributed by atoms with Gasteiger partial charge >= 0.3 is 0 Å². The highest BCUT2D eigenvalue weighted by Crippen LogP contribution is 2.18. The van der Waals surface area contributed by atoms with Crippen molar-refractivity contribution in [3.8, 4) is 0 Å².